The summed E-state index contributed by atoms with van der Waals surface area (Å²) >= 11 is 0. The summed E-state index contributed by atoms with van der Waals surface area (Å²) in [4.78, 5) is 11.4. The van der Waals surface area contributed by atoms with E-state index in [-0.39, 0.29) is 18.5 Å². The summed E-state index contributed by atoms with van der Waals surface area (Å²) in [6.45, 7) is 3.98. The van der Waals surface area contributed by atoms with Crippen LogP contribution in [0.15, 0.2) is 18.2 Å². The number of carbonyl (C=O) groups is 1. The zero-order valence-electron chi connectivity index (χ0n) is 9.95. The highest BCUT2D eigenvalue weighted by Gasteiger charge is 2.04. The van der Waals surface area contributed by atoms with Gasteiger partial charge < -0.3 is 16.4 Å². The smallest absolute Gasteiger partial charge is 0.239 e. The van der Waals surface area contributed by atoms with Crippen molar-refractivity contribution < 1.29 is 4.79 Å². The molecule has 0 radical (unpaired) electrons. The summed E-state index contributed by atoms with van der Waals surface area (Å²) in [6.07, 6.45) is 0. The maximum absolute atomic E-state index is 11.4. The first-order valence-corrected chi connectivity index (χ1v) is 5.35. The number of hydrogen-bond donors (Lipinski definition) is 3. The summed E-state index contributed by atoms with van der Waals surface area (Å²) in [5, 5.41) is 14.4. The van der Waals surface area contributed by atoms with E-state index in [1.165, 1.54) is 0 Å². The van der Waals surface area contributed by atoms with Crippen molar-refractivity contribution in [3.63, 3.8) is 0 Å². The Morgan fingerprint density at radius 1 is 1.53 bits per heavy atom. The minimum absolute atomic E-state index is 0.0806. The van der Waals surface area contributed by atoms with Gasteiger partial charge in [-0.1, -0.05) is 0 Å². The van der Waals surface area contributed by atoms with Crippen LogP contribution in [-0.4, -0.2) is 18.5 Å². The molecule has 0 saturated carbocycles. The van der Waals surface area contributed by atoms with Crippen molar-refractivity contribution in [2.75, 3.05) is 17.6 Å². The molecule has 0 spiro atoms. The lowest BCUT2D eigenvalue weighted by atomic mass is 10.2. The quantitative estimate of drug-likeness (QED) is 0.677. The fourth-order valence-electron chi connectivity index (χ4n) is 1.33. The molecule has 1 rings (SSSR count). The standard InChI is InChI=1S/C12H16N4O/c1-8(2)16-12(17)7-15-10-4-3-9(6-13)11(14)5-10/h3-5,8,15H,7,14H2,1-2H3,(H,16,17). The van der Waals surface area contributed by atoms with Crippen LogP contribution in [0, 0.1) is 11.3 Å². The monoisotopic (exact) mass is 232 g/mol. The van der Waals surface area contributed by atoms with Gasteiger partial charge in [0, 0.05) is 11.7 Å². The fraction of sp³-hybridized carbons (Fsp3) is 0.333. The second kappa shape index (κ2) is 5.75. The molecular formula is C12H16N4O. The van der Waals surface area contributed by atoms with Crippen LogP contribution in [0.25, 0.3) is 0 Å². The number of nitrogens with two attached hydrogens (primary N) is 1. The van der Waals surface area contributed by atoms with E-state index in [0.717, 1.165) is 5.69 Å². The predicted octanol–water partition coefficient (Wildman–Crippen LogP) is 1.08. The number of benzene rings is 1. The lowest BCUT2D eigenvalue weighted by molar-refractivity contribution is -0.119. The van der Waals surface area contributed by atoms with E-state index in [1.807, 2.05) is 19.9 Å². The van der Waals surface area contributed by atoms with Crippen LogP contribution in [0.3, 0.4) is 0 Å². The number of anilines is 2. The first-order chi connectivity index (χ1) is 8.02. The molecule has 4 N–H and O–H groups in total. The van der Waals surface area contributed by atoms with E-state index in [9.17, 15) is 4.79 Å². The van der Waals surface area contributed by atoms with Crippen LogP contribution < -0.4 is 16.4 Å². The lowest BCUT2D eigenvalue weighted by Crippen LogP contribution is -2.34. The van der Waals surface area contributed by atoms with Gasteiger partial charge >= 0.3 is 0 Å². The Balaban J connectivity index is 2.56. The number of nitrogens with zero attached hydrogens (tertiary/aromatic N) is 1. The van der Waals surface area contributed by atoms with Gasteiger partial charge in [-0.05, 0) is 32.0 Å². The average Bonchev–Trinajstić information content (AvgIpc) is 2.25. The van der Waals surface area contributed by atoms with Crippen LogP contribution in [0.1, 0.15) is 19.4 Å². The highest BCUT2D eigenvalue weighted by atomic mass is 16.1. The highest BCUT2D eigenvalue weighted by Crippen LogP contribution is 2.16. The van der Waals surface area contributed by atoms with Crippen LogP contribution in [0.4, 0.5) is 11.4 Å². The molecule has 1 aromatic carbocycles. The molecular weight excluding hydrogens is 216 g/mol. The van der Waals surface area contributed by atoms with Crippen molar-refractivity contribution >= 4 is 17.3 Å². The summed E-state index contributed by atoms with van der Waals surface area (Å²) < 4.78 is 0. The number of hydrogen-bond acceptors (Lipinski definition) is 4. The van der Waals surface area contributed by atoms with Crippen molar-refractivity contribution in [1.82, 2.24) is 5.32 Å². The SMILES string of the molecule is CC(C)NC(=O)CNc1ccc(C#N)c(N)c1. The van der Waals surface area contributed by atoms with E-state index in [1.54, 1.807) is 18.2 Å². The Hall–Kier alpha value is -2.22. The van der Waals surface area contributed by atoms with E-state index in [0.29, 0.717) is 11.3 Å². The normalized spacial score (nSPS) is 9.76. The van der Waals surface area contributed by atoms with Gasteiger partial charge in [0.05, 0.1) is 17.8 Å². The van der Waals surface area contributed by atoms with Gasteiger partial charge in [-0.2, -0.15) is 5.26 Å². The van der Waals surface area contributed by atoms with Gasteiger partial charge in [-0.15, -0.1) is 0 Å². The lowest BCUT2D eigenvalue weighted by Gasteiger charge is -2.10. The number of rotatable bonds is 4. The zero-order valence-corrected chi connectivity index (χ0v) is 9.95. The topological polar surface area (TPSA) is 90.9 Å². The first kappa shape index (κ1) is 12.8. The van der Waals surface area contributed by atoms with Crippen LogP contribution in [-0.2, 0) is 4.79 Å². The molecule has 90 valence electrons. The molecule has 0 aliphatic heterocycles. The molecule has 0 atom stereocenters. The second-order valence-electron chi connectivity index (χ2n) is 3.99. The molecule has 5 heteroatoms. The Morgan fingerprint density at radius 3 is 2.76 bits per heavy atom. The molecule has 5 nitrogen and oxygen atoms in total. The maximum atomic E-state index is 11.4. The van der Waals surface area contributed by atoms with E-state index in [2.05, 4.69) is 10.6 Å². The van der Waals surface area contributed by atoms with Crippen LogP contribution in [0.5, 0.6) is 0 Å². The number of nitriles is 1. The third-order valence-corrected chi connectivity index (χ3v) is 2.07. The minimum Gasteiger partial charge on any atom is -0.398 e. The highest BCUT2D eigenvalue weighted by molar-refractivity contribution is 5.81. The third-order valence-electron chi connectivity index (χ3n) is 2.07. The Bertz CT molecular complexity index is 448. The third kappa shape index (κ3) is 4.03. The van der Waals surface area contributed by atoms with Gasteiger partial charge in [0.1, 0.15) is 6.07 Å². The van der Waals surface area contributed by atoms with Gasteiger partial charge in [0.15, 0.2) is 0 Å². The minimum atomic E-state index is -0.0806. The van der Waals surface area contributed by atoms with Crippen molar-refractivity contribution in [3.05, 3.63) is 23.8 Å². The molecule has 0 heterocycles. The number of nitrogens with one attached hydrogen (secondary N) is 2. The molecule has 0 bridgehead atoms. The molecule has 1 aromatic rings. The number of amides is 1. The Morgan fingerprint density at radius 2 is 2.24 bits per heavy atom. The van der Waals surface area contributed by atoms with E-state index >= 15 is 0 Å². The van der Waals surface area contributed by atoms with Crippen molar-refractivity contribution in [3.8, 4) is 6.07 Å². The van der Waals surface area contributed by atoms with Crippen molar-refractivity contribution in [2.24, 2.45) is 0 Å². The van der Waals surface area contributed by atoms with Crippen LogP contribution >= 0.6 is 0 Å². The molecule has 0 saturated heterocycles. The van der Waals surface area contributed by atoms with E-state index in [4.69, 9.17) is 11.0 Å². The molecule has 0 aromatic heterocycles. The van der Waals surface area contributed by atoms with Crippen LogP contribution in [0.2, 0.25) is 0 Å². The molecule has 17 heavy (non-hydrogen) atoms. The molecule has 0 aliphatic rings. The first-order valence-electron chi connectivity index (χ1n) is 5.35. The Kier molecular flexibility index (Phi) is 4.35. The largest absolute Gasteiger partial charge is 0.398 e. The summed E-state index contributed by atoms with van der Waals surface area (Å²) in [5.74, 6) is -0.0806. The summed E-state index contributed by atoms with van der Waals surface area (Å²) in [6, 6.07) is 7.08. The summed E-state index contributed by atoms with van der Waals surface area (Å²) in [7, 11) is 0. The molecule has 1 amide bonds. The summed E-state index contributed by atoms with van der Waals surface area (Å²) in [5.41, 5.74) is 7.22. The number of nitrogen functional groups attached to an aromatic ring is 1. The molecule has 0 fully saturated rings. The van der Waals surface area contributed by atoms with E-state index < -0.39 is 0 Å². The Labute approximate surface area is 101 Å². The average molecular weight is 232 g/mol. The maximum Gasteiger partial charge on any atom is 0.239 e. The molecule has 0 unspecified atom stereocenters. The predicted molar refractivity (Wildman–Crippen MR) is 67.3 cm³/mol. The van der Waals surface area contributed by atoms with Crippen molar-refractivity contribution in [1.29, 1.82) is 5.26 Å². The second-order valence-corrected chi connectivity index (χ2v) is 3.99. The number of carbonyl (C=O) groups excluding carboxylic acids is 1. The van der Waals surface area contributed by atoms with Gasteiger partial charge in [-0.3, -0.25) is 4.79 Å². The fourth-order valence-corrected chi connectivity index (χ4v) is 1.33. The van der Waals surface area contributed by atoms with Gasteiger partial charge in [0.25, 0.3) is 0 Å². The molecule has 0 aliphatic carbocycles. The van der Waals surface area contributed by atoms with Gasteiger partial charge in [-0.25, -0.2) is 0 Å². The van der Waals surface area contributed by atoms with Gasteiger partial charge in [0.2, 0.25) is 5.91 Å². The zero-order chi connectivity index (χ0) is 12.8. The van der Waals surface area contributed by atoms with Crippen molar-refractivity contribution in [2.45, 2.75) is 19.9 Å².